The topological polar surface area (TPSA) is 117 Å². The molecule has 250 valence electrons. The molecule has 0 saturated carbocycles. The first-order chi connectivity index (χ1) is 22.0. The van der Waals surface area contributed by atoms with Gasteiger partial charge in [-0.2, -0.15) is 0 Å². The largest absolute Gasteiger partial charge is 0.455 e. The van der Waals surface area contributed by atoms with Gasteiger partial charge in [0.2, 0.25) is 17.7 Å². The van der Waals surface area contributed by atoms with Crippen LogP contribution >= 0.6 is 0 Å². The summed E-state index contributed by atoms with van der Waals surface area (Å²) in [6.45, 7) is 8.39. The van der Waals surface area contributed by atoms with Gasteiger partial charge in [-0.05, 0) is 37.7 Å². The van der Waals surface area contributed by atoms with Crippen LogP contribution in [-0.4, -0.2) is 100 Å². The second kappa shape index (κ2) is 14.1. The summed E-state index contributed by atoms with van der Waals surface area (Å²) in [6.07, 6.45) is 8.72. The number of benzene rings is 1. The van der Waals surface area contributed by atoms with E-state index in [0.717, 1.165) is 18.4 Å². The van der Waals surface area contributed by atoms with Crippen molar-refractivity contribution in [3.05, 3.63) is 60.2 Å². The van der Waals surface area contributed by atoms with Crippen molar-refractivity contribution < 1.29 is 33.8 Å². The van der Waals surface area contributed by atoms with Gasteiger partial charge >= 0.3 is 5.97 Å². The van der Waals surface area contributed by atoms with Crippen molar-refractivity contribution in [3.63, 3.8) is 0 Å². The van der Waals surface area contributed by atoms with Gasteiger partial charge in [0.25, 0.3) is 0 Å². The van der Waals surface area contributed by atoms with Gasteiger partial charge in [-0.25, -0.2) is 0 Å². The number of amides is 3. The number of fused-ring (bicyclic) bond motifs is 2. The number of likely N-dealkylation sites (tertiary alicyclic amines) is 1. The number of nitrogens with zero attached hydrogens (tertiary/aromatic N) is 3. The molecule has 1 N–H and O–H groups in total. The van der Waals surface area contributed by atoms with Crippen LogP contribution in [0, 0.1) is 17.8 Å². The lowest BCUT2D eigenvalue weighted by Gasteiger charge is -2.39. The molecule has 2 fully saturated rings. The van der Waals surface area contributed by atoms with Gasteiger partial charge in [-0.1, -0.05) is 81.8 Å². The minimum absolute atomic E-state index is 0.0902. The normalized spacial score (nSPS) is 33.2. The van der Waals surface area contributed by atoms with E-state index in [9.17, 15) is 24.3 Å². The van der Waals surface area contributed by atoms with Crippen molar-refractivity contribution in [2.45, 2.75) is 95.7 Å². The number of carbonyl (C=O) groups excluding carboxylic acids is 4. The van der Waals surface area contributed by atoms with E-state index in [-0.39, 0.29) is 36.7 Å². The molecule has 1 aromatic rings. The Morgan fingerprint density at radius 3 is 2.48 bits per heavy atom. The third-order valence-corrected chi connectivity index (χ3v) is 10.1. The number of hydrogen-bond donors (Lipinski definition) is 1. The van der Waals surface area contributed by atoms with Crippen LogP contribution < -0.4 is 0 Å². The SMILES string of the molecule is CCCCN1C/C=C\CCC(=O)N(C)[C@@H](C)[C@H](c2ccccc2)OC(=O)[C@@H]2[C@H]3C(=O)N([C@@H](CO)CC(C)C)[C@H](C1=O)[C@]31C=C[C@H]2O1. The molecule has 8 atom stereocenters. The molecule has 1 aromatic carbocycles. The van der Waals surface area contributed by atoms with E-state index < -0.39 is 53.7 Å². The van der Waals surface area contributed by atoms with E-state index in [1.165, 1.54) is 4.90 Å². The predicted octanol–water partition coefficient (Wildman–Crippen LogP) is 3.65. The highest BCUT2D eigenvalue weighted by Gasteiger charge is 2.74. The number of aliphatic hydroxyl groups is 1. The molecule has 10 heteroatoms. The summed E-state index contributed by atoms with van der Waals surface area (Å²) in [4.78, 5) is 61.7. The standard InChI is InChI=1S/C36H49N3O7/c1-6-7-19-38-20-13-9-12-16-28(41)37(5)24(4)31(25-14-10-8-11-15-25)45-35(44)29-27-17-18-36(46-27)30(29)33(42)39(32(36)34(38)43)26(22-40)21-23(2)3/h8-11,13-15,17-18,23-24,26-27,29-32,40H,6-7,12,16,19-22H2,1-5H3/b13-9-/t24-,26+,27+,29-,30-,31+,32+,36-/m0/s1. The van der Waals surface area contributed by atoms with E-state index in [2.05, 4.69) is 6.92 Å². The second-order valence-electron chi connectivity index (χ2n) is 13.6. The molecular weight excluding hydrogens is 586 g/mol. The molecule has 4 heterocycles. The summed E-state index contributed by atoms with van der Waals surface area (Å²) in [5.74, 6) is -3.19. The summed E-state index contributed by atoms with van der Waals surface area (Å²) in [6, 6.07) is 7.13. The lowest BCUT2D eigenvalue weighted by atomic mass is 9.74. The summed E-state index contributed by atoms with van der Waals surface area (Å²) in [7, 11) is 1.71. The molecule has 0 unspecified atom stereocenters. The summed E-state index contributed by atoms with van der Waals surface area (Å²) < 4.78 is 12.9. The van der Waals surface area contributed by atoms with E-state index in [4.69, 9.17) is 9.47 Å². The van der Waals surface area contributed by atoms with E-state index in [0.29, 0.717) is 25.9 Å². The first-order valence-electron chi connectivity index (χ1n) is 16.8. The molecule has 4 aliphatic rings. The molecular formula is C36H49N3O7. The minimum atomic E-state index is -1.37. The average Bonchev–Trinajstić information content (AvgIpc) is 3.69. The number of rotatable bonds is 8. The Balaban J connectivity index is 1.62. The average molecular weight is 636 g/mol. The third kappa shape index (κ3) is 6.13. The molecule has 0 radical (unpaired) electrons. The molecule has 0 aliphatic carbocycles. The third-order valence-electron chi connectivity index (χ3n) is 10.1. The molecule has 10 nitrogen and oxygen atoms in total. The van der Waals surface area contributed by atoms with Crippen molar-refractivity contribution in [2.24, 2.45) is 17.8 Å². The van der Waals surface area contributed by atoms with Crippen LogP contribution in [0.3, 0.4) is 0 Å². The number of allylic oxidation sites excluding steroid dienone is 1. The van der Waals surface area contributed by atoms with Crippen LogP contribution in [0.1, 0.15) is 71.5 Å². The minimum Gasteiger partial charge on any atom is -0.455 e. The van der Waals surface area contributed by atoms with Crippen LogP contribution in [-0.2, 0) is 28.7 Å². The van der Waals surface area contributed by atoms with Gasteiger partial charge in [0.15, 0.2) is 0 Å². The van der Waals surface area contributed by atoms with Gasteiger partial charge in [-0.15, -0.1) is 0 Å². The maximum absolute atomic E-state index is 14.7. The molecule has 2 saturated heterocycles. The Morgan fingerprint density at radius 2 is 1.80 bits per heavy atom. The zero-order chi connectivity index (χ0) is 33.2. The van der Waals surface area contributed by atoms with Crippen molar-refractivity contribution in [1.82, 2.24) is 14.7 Å². The fourth-order valence-electron chi connectivity index (χ4n) is 7.61. The van der Waals surface area contributed by atoms with Crippen LogP contribution in [0.25, 0.3) is 0 Å². The van der Waals surface area contributed by atoms with E-state index in [1.807, 2.05) is 63.3 Å². The monoisotopic (exact) mass is 635 g/mol. The zero-order valence-electron chi connectivity index (χ0n) is 27.7. The second-order valence-corrected chi connectivity index (χ2v) is 13.6. The molecule has 0 aromatic heterocycles. The molecule has 46 heavy (non-hydrogen) atoms. The van der Waals surface area contributed by atoms with Gasteiger partial charge in [0, 0.05) is 26.6 Å². The quantitative estimate of drug-likeness (QED) is 0.343. The fraction of sp³-hybridized carbons (Fsp3) is 0.611. The van der Waals surface area contributed by atoms with Crippen molar-refractivity contribution in [1.29, 1.82) is 0 Å². The van der Waals surface area contributed by atoms with Gasteiger partial charge < -0.3 is 29.3 Å². The fourth-order valence-corrected chi connectivity index (χ4v) is 7.61. The summed E-state index contributed by atoms with van der Waals surface area (Å²) >= 11 is 0. The smallest absolute Gasteiger partial charge is 0.313 e. The maximum Gasteiger partial charge on any atom is 0.313 e. The molecule has 5 bridgehead atoms. The Labute approximate surface area is 272 Å². The lowest BCUT2D eigenvalue weighted by molar-refractivity contribution is -0.164. The van der Waals surface area contributed by atoms with Crippen molar-refractivity contribution in [2.75, 3.05) is 26.7 Å². The Kier molecular flexibility index (Phi) is 10.4. The van der Waals surface area contributed by atoms with Crippen molar-refractivity contribution in [3.8, 4) is 0 Å². The molecule has 5 rings (SSSR count). The van der Waals surface area contributed by atoms with Gasteiger partial charge in [0.1, 0.15) is 23.7 Å². The van der Waals surface area contributed by atoms with Gasteiger partial charge in [0.05, 0.1) is 30.7 Å². The Morgan fingerprint density at radius 1 is 1.07 bits per heavy atom. The van der Waals surface area contributed by atoms with Crippen LogP contribution in [0.2, 0.25) is 0 Å². The molecule has 1 spiro atoms. The number of carbonyl (C=O) groups is 4. The number of unbranched alkanes of at least 4 members (excludes halogenated alkanes) is 1. The number of cyclic esters (lactones) is 1. The highest BCUT2D eigenvalue weighted by molar-refractivity contribution is 5.99. The van der Waals surface area contributed by atoms with Crippen LogP contribution in [0.5, 0.6) is 0 Å². The highest BCUT2D eigenvalue weighted by Crippen LogP contribution is 2.56. The summed E-state index contributed by atoms with van der Waals surface area (Å²) in [5, 5.41) is 10.6. The zero-order valence-corrected chi connectivity index (χ0v) is 27.7. The number of aliphatic hydroxyl groups excluding tert-OH is 1. The van der Waals surface area contributed by atoms with Crippen LogP contribution in [0.15, 0.2) is 54.6 Å². The van der Waals surface area contributed by atoms with Crippen molar-refractivity contribution >= 4 is 23.7 Å². The number of likely N-dealkylation sites (N-methyl/N-ethyl adjacent to an activating group) is 1. The maximum atomic E-state index is 14.7. The van der Waals surface area contributed by atoms with E-state index in [1.54, 1.807) is 29.0 Å². The number of esters is 1. The Bertz CT molecular complexity index is 1350. The first-order valence-corrected chi connectivity index (χ1v) is 16.8. The number of hydrogen-bond acceptors (Lipinski definition) is 7. The Hall–Kier alpha value is -3.50. The molecule has 3 amide bonds. The summed E-state index contributed by atoms with van der Waals surface area (Å²) in [5.41, 5.74) is -0.637. The number of ether oxygens (including phenoxy) is 2. The predicted molar refractivity (Wildman–Crippen MR) is 172 cm³/mol. The van der Waals surface area contributed by atoms with Crippen LogP contribution in [0.4, 0.5) is 0 Å². The van der Waals surface area contributed by atoms with E-state index >= 15 is 0 Å². The van der Waals surface area contributed by atoms with Gasteiger partial charge in [-0.3, -0.25) is 19.2 Å². The lowest BCUT2D eigenvalue weighted by Crippen LogP contribution is -2.58. The first kappa shape index (κ1) is 33.9. The highest BCUT2D eigenvalue weighted by atomic mass is 16.6. The molecule has 4 aliphatic heterocycles.